The number of esters is 1. The maximum Gasteiger partial charge on any atom is 0.333 e. The summed E-state index contributed by atoms with van der Waals surface area (Å²) in [6, 6.07) is -1.18. The first-order chi connectivity index (χ1) is 15.7. The minimum Gasteiger partial charge on any atom is -0.463 e. The van der Waals surface area contributed by atoms with Gasteiger partial charge in [-0.05, 0) is 50.5 Å². The Morgan fingerprint density at radius 1 is 1.15 bits per heavy atom. The topological polar surface area (TPSA) is 79.0 Å². The molecule has 1 fully saturated rings. The average molecular weight is 480 g/mol. The van der Waals surface area contributed by atoms with Gasteiger partial charge in [0, 0.05) is 19.2 Å². The van der Waals surface area contributed by atoms with E-state index >= 15 is 0 Å². The fourth-order valence-electron chi connectivity index (χ4n) is 4.53. The molecule has 7 heteroatoms. The number of piperidine rings is 1. The summed E-state index contributed by atoms with van der Waals surface area (Å²) in [6.45, 7) is 19.8. The molecular weight excluding hydrogens is 430 g/mol. The molecule has 0 aromatic carbocycles. The lowest BCUT2D eigenvalue weighted by atomic mass is 9.84. The summed E-state index contributed by atoms with van der Waals surface area (Å²) in [6.07, 6.45) is 4.74. The molecule has 1 aliphatic heterocycles. The predicted octanol–water partition coefficient (Wildman–Crippen LogP) is 4.02. The number of carbonyl (C=O) groups excluding carboxylic acids is 3. The van der Waals surface area contributed by atoms with Crippen molar-refractivity contribution in [3.05, 3.63) is 11.6 Å². The van der Waals surface area contributed by atoms with E-state index in [9.17, 15) is 14.4 Å². The molecule has 0 aliphatic carbocycles. The molecular formula is C27H49N3O4. The number of carbonyl (C=O) groups is 3. The van der Waals surface area contributed by atoms with Crippen LogP contribution < -0.4 is 5.32 Å². The second kappa shape index (κ2) is 13.3. The van der Waals surface area contributed by atoms with Gasteiger partial charge in [0.05, 0.1) is 18.7 Å². The van der Waals surface area contributed by atoms with E-state index in [1.165, 1.54) is 0 Å². The quantitative estimate of drug-likeness (QED) is 0.378. The molecule has 1 unspecified atom stereocenters. The molecule has 0 bridgehead atoms. The zero-order chi connectivity index (χ0) is 26.2. The first kappa shape index (κ1) is 30.1. The van der Waals surface area contributed by atoms with Gasteiger partial charge in [0.2, 0.25) is 11.8 Å². The van der Waals surface area contributed by atoms with Crippen LogP contribution >= 0.6 is 0 Å². The summed E-state index contributed by atoms with van der Waals surface area (Å²) < 4.78 is 5.11. The van der Waals surface area contributed by atoms with Crippen molar-refractivity contribution < 1.29 is 19.1 Å². The lowest BCUT2D eigenvalue weighted by molar-refractivity contribution is -0.142. The Morgan fingerprint density at radius 2 is 1.76 bits per heavy atom. The molecule has 196 valence electrons. The van der Waals surface area contributed by atoms with Crippen molar-refractivity contribution >= 4 is 17.8 Å². The molecule has 1 aliphatic rings. The van der Waals surface area contributed by atoms with Crippen molar-refractivity contribution in [3.8, 4) is 0 Å². The molecule has 1 N–H and O–H groups in total. The van der Waals surface area contributed by atoms with Gasteiger partial charge in [0.25, 0.3) is 0 Å². The highest BCUT2D eigenvalue weighted by Crippen LogP contribution is 2.25. The van der Waals surface area contributed by atoms with Crippen molar-refractivity contribution in [2.75, 3.05) is 26.7 Å². The third kappa shape index (κ3) is 8.71. The first-order valence-corrected chi connectivity index (χ1v) is 12.9. The molecule has 2 amide bonds. The van der Waals surface area contributed by atoms with Gasteiger partial charge in [0.1, 0.15) is 6.04 Å². The van der Waals surface area contributed by atoms with Crippen LogP contribution in [-0.4, -0.2) is 72.5 Å². The van der Waals surface area contributed by atoms with Crippen molar-refractivity contribution in [3.63, 3.8) is 0 Å². The highest BCUT2D eigenvalue weighted by Gasteiger charge is 2.39. The van der Waals surface area contributed by atoms with Crippen LogP contribution in [0.15, 0.2) is 11.6 Å². The van der Waals surface area contributed by atoms with Gasteiger partial charge in [-0.15, -0.1) is 0 Å². The molecule has 1 saturated heterocycles. The van der Waals surface area contributed by atoms with E-state index < -0.39 is 11.5 Å². The third-order valence-electron chi connectivity index (χ3n) is 6.41. The lowest BCUT2D eigenvalue weighted by Crippen LogP contribution is -2.60. The maximum absolute atomic E-state index is 13.7. The van der Waals surface area contributed by atoms with Gasteiger partial charge in [-0.1, -0.05) is 61.0 Å². The summed E-state index contributed by atoms with van der Waals surface area (Å²) in [5, 5.41) is 3.12. The van der Waals surface area contributed by atoms with Crippen molar-refractivity contribution in [2.24, 2.45) is 17.3 Å². The van der Waals surface area contributed by atoms with E-state index in [-0.39, 0.29) is 35.8 Å². The van der Waals surface area contributed by atoms with Gasteiger partial charge in [-0.3, -0.25) is 14.5 Å². The Kier molecular flexibility index (Phi) is 11.8. The molecule has 0 radical (unpaired) electrons. The number of hydrogen-bond acceptors (Lipinski definition) is 5. The van der Waals surface area contributed by atoms with Crippen LogP contribution in [-0.2, 0) is 19.1 Å². The monoisotopic (exact) mass is 479 g/mol. The normalized spacial score (nSPS) is 19.6. The van der Waals surface area contributed by atoms with Crippen LogP contribution in [0, 0.1) is 17.3 Å². The first-order valence-electron chi connectivity index (χ1n) is 12.9. The summed E-state index contributed by atoms with van der Waals surface area (Å²) in [5.74, 6) is -0.0485. The van der Waals surface area contributed by atoms with E-state index in [1.807, 2.05) is 34.6 Å². The van der Waals surface area contributed by atoms with Gasteiger partial charge >= 0.3 is 5.97 Å². The largest absolute Gasteiger partial charge is 0.463 e. The summed E-state index contributed by atoms with van der Waals surface area (Å²) in [4.78, 5) is 43.2. The summed E-state index contributed by atoms with van der Waals surface area (Å²) in [5.41, 5.74) is 0.00283. The molecule has 0 aromatic rings. The SMILES string of the molecule is CCOC(=O)/C(C)=C/[C@H](C(C)C)N(C)C(=O)[C@@H](NC(=O)C1CCCCN1CC(C)C)C(C)(C)C. The highest BCUT2D eigenvalue weighted by molar-refractivity contribution is 5.91. The zero-order valence-electron chi connectivity index (χ0n) is 23.2. The maximum atomic E-state index is 13.7. The Labute approximate surface area is 207 Å². The summed E-state index contributed by atoms with van der Waals surface area (Å²) >= 11 is 0. The van der Waals surface area contributed by atoms with E-state index in [1.54, 1.807) is 31.9 Å². The lowest BCUT2D eigenvalue weighted by Gasteiger charge is -2.40. The molecule has 1 rings (SSSR count). The second-order valence-electron chi connectivity index (χ2n) is 11.5. The zero-order valence-corrected chi connectivity index (χ0v) is 23.2. The van der Waals surface area contributed by atoms with E-state index in [2.05, 4.69) is 24.1 Å². The Hall–Kier alpha value is -1.89. The van der Waals surface area contributed by atoms with Crippen LogP contribution in [0.5, 0.6) is 0 Å². The van der Waals surface area contributed by atoms with E-state index in [0.717, 1.165) is 32.4 Å². The number of nitrogens with zero attached hydrogens (tertiary/aromatic N) is 2. The van der Waals surface area contributed by atoms with Gasteiger partial charge in [-0.2, -0.15) is 0 Å². The number of nitrogens with one attached hydrogen (secondary N) is 1. The number of ether oxygens (including phenoxy) is 1. The number of rotatable bonds is 10. The third-order valence-corrected chi connectivity index (χ3v) is 6.41. The van der Waals surface area contributed by atoms with Crippen molar-refractivity contribution in [2.45, 2.75) is 99.7 Å². The number of likely N-dealkylation sites (tertiary alicyclic amines) is 1. The number of hydrogen-bond donors (Lipinski definition) is 1. The Bertz CT molecular complexity index is 724. The predicted molar refractivity (Wildman–Crippen MR) is 137 cm³/mol. The fraction of sp³-hybridized carbons (Fsp3) is 0.815. The number of amides is 2. The van der Waals surface area contributed by atoms with Gasteiger partial charge in [-0.25, -0.2) is 4.79 Å². The van der Waals surface area contributed by atoms with Crippen LogP contribution in [0.2, 0.25) is 0 Å². The van der Waals surface area contributed by atoms with Crippen LogP contribution in [0.1, 0.15) is 81.6 Å². The molecule has 34 heavy (non-hydrogen) atoms. The van der Waals surface area contributed by atoms with E-state index in [4.69, 9.17) is 4.74 Å². The molecule has 3 atom stereocenters. The Balaban J connectivity index is 3.14. The molecule has 7 nitrogen and oxygen atoms in total. The highest BCUT2D eigenvalue weighted by atomic mass is 16.5. The van der Waals surface area contributed by atoms with Crippen LogP contribution in [0.25, 0.3) is 0 Å². The minimum absolute atomic E-state index is 0.0682. The van der Waals surface area contributed by atoms with Crippen LogP contribution in [0.3, 0.4) is 0 Å². The minimum atomic E-state index is -0.676. The standard InChI is InChI=1S/C27H49N3O4/c1-11-34-26(33)20(6)16-22(19(4)5)29(10)25(32)23(27(7,8)9)28-24(31)21-14-12-13-15-30(21)17-18(2)3/h16,18-19,21-23H,11-15,17H2,1-10H3,(H,28,31)/b20-16+/t21?,22-,23-/m1/s1. The van der Waals surface area contributed by atoms with Crippen molar-refractivity contribution in [1.29, 1.82) is 0 Å². The van der Waals surface area contributed by atoms with Crippen molar-refractivity contribution in [1.82, 2.24) is 15.1 Å². The number of likely N-dealkylation sites (N-methyl/N-ethyl adjacent to an activating group) is 1. The molecule has 0 aromatic heterocycles. The Morgan fingerprint density at radius 3 is 2.26 bits per heavy atom. The summed E-state index contributed by atoms with van der Waals surface area (Å²) in [7, 11) is 1.75. The van der Waals surface area contributed by atoms with Gasteiger partial charge in [0.15, 0.2) is 0 Å². The van der Waals surface area contributed by atoms with Gasteiger partial charge < -0.3 is 15.0 Å². The molecule has 1 heterocycles. The smallest absolute Gasteiger partial charge is 0.333 e. The molecule has 0 spiro atoms. The second-order valence-corrected chi connectivity index (χ2v) is 11.5. The molecule has 0 saturated carbocycles. The van der Waals surface area contributed by atoms with E-state index in [0.29, 0.717) is 18.1 Å². The fourth-order valence-corrected chi connectivity index (χ4v) is 4.53. The van der Waals surface area contributed by atoms with Crippen LogP contribution in [0.4, 0.5) is 0 Å². The average Bonchev–Trinajstić information content (AvgIpc) is 2.73.